The van der Waals surface area contributed by atoms with Crippen molar-refractivity contribution in [3.63, 3.8) is 0 Å². The molecule has 5 nitrogen and oxygen atoms in total. The van der Waals surface area contributed by atoms with Crippen LogP contribution >= 0.6 is 0 Å². The topological polar surface area (TPSA) is 75.7 Å². The Labute approximate surface area is 142 Å². The van der Waals surface area contributed by atoms with Gasteiger partial charge >= 0.3 is 0 Å². The Bertz CT molecular complexity index is 624. The number of hydrogen-bond donors (Lipinski definition) is 0. The molecular formula is C16H13N2O3Pt-. The van der Waals surface area contributed by atoms with Crippen LogP contribution in [0.25, 0.3) is 0 Å². The summed E-state index contributed by atoms with van der Waals surface area (Å²) >= 11 is 0. The Morgan fingerprint density at radius 1 is 0.682 bits per heavy atom. The van der Waals surface area contributed by atoms with E-state index in [4.69, 9.17) is 9.47 Å². The predicted molar refractivity (Wildman–Crippen MR) is 77.5 cm³/mol. The number of pyridine rings is 2. The van der Waals surface area contributed by atoms with Gasteiger partial charge in [-0.3, -0.25) is 0 Å². The van der Waals surface area contributed by atoms with Crippen molar-refractivity contribution >= 4 is 0 Å². The normalized spacial score (nSPS) is 9.09. The first-order valence-electron chi connectivity index (χ1n) is 6.10. The second-order valence-electron chi connectivity index (χ2n) is 3.92. The average molecular weight is 476 g/mol. The molecule has 3 rings (SSSR count). The van der Waals surface area contributed by atoms with Gasteiger partial charge in [-0.2, -0.15) is 6.07 Å². The van der Waals surface area contributed by atoms with Crippen molar-refractivity contribution in [2.45, 2.75) is 0 Å². The summed E-state index contributed by atoms with van der Waals surface area (Å²) in [6, 6.07) is 19.4. The third-order valence-corrected chi connectivity index (χ3v) is 2.45. The smallest absolute Gasteiger partial charge is 0.216 e. The van der Waals surface area contributed by atoms with E-state index >= 15 is 0 Å². The maximum atomic E-state index is 5.59. The molecular weight excluding hydrogens is 463 g/mol. The third-order valence-electron chi connectivity index (χ3n) is 2.45. The first-order chi connectivity index (χ1) is 9.90. The summed E-state index contributed by atoms with van der Waals surface area (Å²) in [6.07, 6.45) is 3.34. The fourth-order valence-corrected chi connectivity index (χ4v) is 1.59. The number of nitrogens with zero attached hydrogens (tertiary/aromatic N) is 2. The number of benzene rings is 1. The number of rotatable bonds is 4. The Morgan fingerprint density at radius 3 is 1.59 bits per heavy atom. The van der Waals surface area contributed by atoms with Gasteiger partial charge in [-0.1, -0.05) is 18.2 Å². The molecule has 2 aromatic heterocycles. The van der Waals surface area contributed by atoms with Gasteiger partial charge in [-0.25, -0.2) is 9.97 Å². The molecule has 0 radical (unpaired) electrons. The van der Waals surface area contributed by atoms with Crippen LogP contribution in [-0.2, 0) is 21.1 Å². The van der Waals surface area contributed by atoms with Gasteiger partial charge in [0.15, 0.2) is 0 Å². The molecule has 0 saturated heterocycles. The maximum Gasteiger partial charge on any atom is 0.216 e. The van der Waals surface area contributed by atoms with Crippen molar-refractivity contribution in [1.29, 1.82) is 0 Å². The molecule has 0 aliphatic carbocycles. The van der Waals surface area contributed by atoms with Crippen LogP contribution in [0.15, 0.2) is 67.0 Å². The molecule has 2 N–H and O–H groups in total. The summed E-state index contributed by atoms with van der Waals surface area (Å²) in [7, 11) is 0. The first-order valence-corrected chi connectivity index (χ1v) is 6.10. The minimum absolute atomic E-state index is 0. The molecule has 0 fully saturated rings. The SMILES string of the molecule is O.[Pt].[c-]1c(Oc2ccccn2)cccc1Oc1ccccn1. The minimum atomic E-state index is 0. The summed E-state index contributed by atoms with van der Waals surface area (Å²) in [5.74, 6) is 2.10. The van der Waals surface area contributed by atoms with Crippen LogP contribution in [0, 0.1) is 6.07 Å². The Morgan fingerprint density at radius 2 is 1.18 bits per heavy atom. The molecule has 6 heteroatoms. The zero-order valence-corrected chi connectivity index (χ0v) is 13.7. The van der Waals surface area contributed by atoms with Gasteiger partial charge in [-0.05, 0) is 12.1 Å². The molecule has 0 aliphatic rings. The Hall–Kier alpha value is -2.23. The first kappa shape index (κ1) is 17.8. The monoisotopic (exact) mass is 476 g/mol. The van der Waals surface area contributed by atoms with E-state index in [2.05, 4.69) is 16.0 Å². The molecule has 0 amide bonds. The van der Waals surface area contributed by atoms with Gasteiger partial charge in [0.1, 0.15) is 0 Å². The molecule has 22 heavy (non-hydrogen) atoms. The second kappa shape index (κ2) is 8.92. The predicted octanol–water partition coefficient (Wildman–Crippen LogP) is 3.03. The number of ether oxygens (including phenoxy) is 2. The van der Waals surface area contributed by atoms with E-state index in [0.717, 1.165) is 0 Å². The van der Waals surface area contributed by atoms with Crippen molar-refractivity contribution in [1.82, 2.24) is 9.97 Å². The quantitative estimate of drug-likeness (QED) is 0.543. The van der Waals surface area contributed by atoms with Gasteiger partial charge < -0.3 is 14.9 Å². The molecule has 1 aromatic carbocycles. The van der Waals surface area contributed by atoms with Crippen LogP contribution in [-0.4, -0.2) is 15.4 Å². The third kappa shape index (κ3) is 4.95. The fraction of sp³-hybridized carbons (Fsp3) is 0. The molecule has 3 aromatic rings. The zero-order chi connectivity index (χ0) is 13.6. The van der Waals surface area contributed by atoms with Crippen LogP contribution in [0.1, 0.15) is 0 Å². The largest absolute Gasteiger partial charge is 0.466 e. The van der Waals surface area contributed by atoms with Crippen molar-refractivity contribution in [3.8, 4) is 23.3 Å². The molecule has 0 bridgehead atoms. The second-order valence-corrected chi connectivity index (χ2v) is 3.92. The summed E-state index contributed by atoms with van der Waals surface area (Å²) in [6.45, 7) is 0. The van der Waals surface area contributed by atoms with E-state index in [1.807, 2.05) is 30.3 Å². The molecule has 0 atom stereocenters. The van der Waals surface area contributed by atoms with Crippen LogP contribution in [0.3, 0.4) is 0 Å². The maximum absolute atomic E-state index is 5.59. The van der Waals surface area contributed by atoms with E-state index in [1.54, 1.807) is 36.7 Å². The number of aromatic nitrogens is 2. The molecule has 0 aliphatic heterocycles. The van der Waals surface area contributed by atoms with Crippen LogP contribution < -0.4 is 9.47 Å². The average Bonchev–Trinajstić information content (AvgIpc) is 2.50. The van der Waals surface area contributed by atoms with Crippen LogP contribution in [0.2, 0.25) is 0 Å². The molecule has 0 saturated carbocycles. The van der Waals surface area contributed by atoms with Gasteiger partial charge in [0.2, 0.25) is 11.8 Å². The van der Waals surface area contributed by atoms with Gasteiger partial charge in [-0.15, -0.1) is 12.1 Å². The van der Waals surface area contributed by atoms with Gasteiger partial charge in [0.05, 0.1) is 0 Å². The Balaban J connectivity index is 0.00000121. The standard InChI is InChI=1S/C16H11N2O2.H2O.Pt/c1-3-10-17-15(8-1)19-13-6-5-7-14(12-13)20-16-9-2-4-11-18-16;;/h1-11H;1H2;/q-1;;. The Kier molecular flexibility index (Phi) is 7.23. The molecule has 116 valence electrons. The van der Waals surface area contributed by atoms with Crippen molar-refractivity contribution in [3.05, 3.63) is 73.1 Å². The summed E-state index contributed by atoms with van der Waals surface area (Å²) in [5, 5.41) is 0. The summed E-state index contributed by atoms with van der Waals surface area (Å²) in [5.41, 5.74) is 0. The van der Waals surface area contributed by atoms with Crippen LogP contribution in [0.5, 0.6) is 23.3 Å². The van der Waals surface area contributed by atoms with E-state index in [9.17, 15) is 0 Å². The minimum Gasteiger partial charge on any atom is -0.466 e. The van der Waals surface area contributed by atoms with E-state index < -0.39 is 0 Å². The molecule has 0 unspecified atom stereocenters. The van der Waals surface area contributed by atoms with E-state index in [1.165, 1.54) is 0 Å². The summed E-state index contributed by atoms with van der Waals surface area (Å²) < 4.78 is 11.2. The van der Waals surface area contributed by atoms with Crippen molar-refractivity contribution in [2.24, 2.45) is 0 Å². The number of hydrogen-bond acceptors (Lipinski definition) is 4. The van der Waals surface area contributed by atoms with Gasteiger partial charge in [0.25, 0.3) is 0 Å². The molecule has 2 heterocycles. The van der Waals surface area contributed by atoms with Gasteiger partial charge in [0, 0.05) is 57.1 Å². The van der Waals surface area contributed by atoms with Crippen molar-refractivity contribution < 1.29 is 36.0 Å². The van der Waals surface area contributed by atoms with E-state index in [0.29, 0.717) is 23.3 Å². The fourth-order valence-electron chi connectivity index (χ4n) is 1.59. The van der Waals surface area contributed by atoms with Crippen molar-refractivity contribution in [2.75, 3.05) is 0 Å². The molecule has 0 spiro atoms. The van der Waals surface area contributed by atoms with Crippen LogP contribution in [0.4, 0.5) is 0 Å². The summed E-state index contributed by atoms with van der Waals surface area (Å²) in [4.78, 5) is 8.18. The van der Waals surface area contributed by atoms with E-state index in [-0.39, 0.29) is 26.5 Å². The zero-order valence-electron chi connectivity index (χ0n) is 11.4.